The minimum absolute atomic E-state index is 0.0413. The van der Waals surface area contributed by atoms with Crippen LogP contribution in [-0.4, -0.2) is 85.0 Å². The van der Waals surface area contributed by atoms with Crippen LogP contribution in [0.2, 0.25) is 0 Å². The molecule has 2 N–H and O–H groups in total. The number of benzene rings is 2. The quantitative estimate of drug-likeness (QED) is 0.0691. The summed E-state index contributed by atoms with van der Waals surface area (Å²) in [5.74, 6) is 0.484. The zero-order chi connectivity index (χ0) is 35.6. The molecule has 5 atom stereocenters. The second kappa shape index (κ2) is 20.2. The van der Waals surface area contributed by atoms with Crippen LogP contribution >= 0.6 is 0 Å². The van der Waals surface area contributed by atoms with Gasteiger partial charge in [0.2, 0.25) is 10.0 Å². The average Bonchev–Trinajstić information content (AvgIpc) is 3.10. The first-order valence-corrected chi connectivity index (χ1v) is 17.6. The Balaban J connectivity index is 1.64. The smallest absolute Gasteiger partial charge is 0.407 e. The van der Waals surface area contributed by atoms with Gasteiger partial charge < -0.3 is 33.8 Å². The first kappa shape index (κ1) is 39.0. The van der Waals surface area contributed by atoms with Gasteiger partial charge in [0.1, 0.15) is 36.9 Å². The summed E-state index contributed by atoms with van der Waals surface area (Å²) in [5, 5.41) is 6.73. The lowest BCUT2D eigenvalue weighted by atomic mass is 10.0. The standard InChI is InChI=1S/C35H47N3O10S/c1-6-21-36-35(40)45-24-33-32(47-28-14-12-27(43-4)13-15-28)19-16-29(48-33)20-22-46-37-23-31(26(3)8-7-9-34(39)44-5)38-49(41,42)30-17-10-25(2)11-18-30/h7-8,10-19,23,26,29,31-33,38H,6,9,20-22,24H2,1-5H3,(H,36,40)/b8-7+,37-23+/t26-,29+,31-,32+,33-/m1/s1. The SMILES string of the molecule is CCCNC(=O)OC[C@H]1O[C@H](CCO/N=C/[C@@H](NS(=O)(=O)c2ccc(C)cc2)[C@H](C)/C=C/CC(=O)OC)C=C[C@@H]1Oc1ccc(OC)cc1. The molecule has 0 saturated heterocycles. The van der Waals surface area contributed by atoms with Crippen LogP contribution in [0.3, 0.4) is 0 Å². The van der Waals surface area contributed by atoms with Gasteiger partial charge in [-0.25, -0.2) is 17.9 Å². The maximum Gasteiger partial charge on any atom is 0.407 e. The van der Waals surface area contributed by atoms with E-state index in [0.29, 0.717) is 24.5 Å². The number of sulfonamides is 1. The molecule has 14 heteroatoms. The van der Waals surface area contributed by atoms with Crippen molar-refractivity contribution in [3.05, 3.63) is 78.4 Å². The van der Waals surface area contributed by atoms with E-state index in [0.717, 1.165) is 12.0 Å². The van der Waals surface area contributed by atoms with Crippen molar-refractivity contribution in [3.8, 4) is 11.5 Å². The lowest BCUT2D eigenvalue weighted by molar-refractivity contribution is -0.139. The third-order valence-electron chi connectivity index (χ3n) is 7.39. The molecule has 0 aromatic heterocycles. The fourth-order valence-electron chi connectivity index (χ4n) is 4.52. The van der Waals surface area contributed by atoms with Gasteiger partial charge in [0.25, 0.3) is 0 Å². The first-order valence-electron chi connectivity index (χ1n) is 16.1. The molecule has 0 bridgehead atoms. The van der Waals surface area contributed by atoms with Crippen molar-refractivity contribution >= 4 is 28.3 Å². The number of methoxy groups -OCH3 is 2. The van der Waals surface area contributed by atoms with E-state index in [1.54, 1.807) is 62.6 Å². The summed E-state index contributed by atoms with van der Waals surface area (Å²) in [6.45, 7) is 6.20. The Morgan fingerprint density at radius 1 is 1.04 bits per heavy atom. The Morgan fingerprint density at radius 2 is 1.76 bits per heavy atom. The van der Waals surface area contributed by atoms with Gasteiger partial charge in [-0.3, -0.25) is 4.79 Å². The Hall–Kier alpha value is -4.40. The highest BCUT2D eigenvalue weighted by Gasteiger charge is 2.30. The molecule has 0 saturated carbocycles. The topological polar surface area (TPSA) is 160 Å². The first-order chi connectivity index (χ1) is 23.5. The zero-order valence-corrected chi connectivity index (χ0v) is 29.4. The second-order valence-electron chi connectivity index (χ2n) is 11.3. The highest BCUT2D eigenvalue weighted by Crippen LogP contribution is 2.24. The molecule has 1 aliphatic rings. The number of nitrogens with zero attached hydrogens (tertiary/aromatic N) is 1. The van der Waals surface area contributed by atoms with Gasteiger partial charge in [0.05, 0.1) is 43.9 Å². The maximum absolute atomic E-state index is 13.1. The molecule has 3 rings (SSSR count). The monoisotopic (exact) mass is 701 g/mol. The molecule has 0 aliphatic carbocycles. The summed E-state index contributed by atoms with van der Waals surface area (Å²) in [4.78, 5) is 29.3. The zero-order valence-electron chi connectivity index (χ0n) is 28.6. The Labute approximate surface area is 288 Å². The lowest BCUT2D eigenvalue weighted by Gasteiger charge is -2.32. The second-order valence-corrected chi connectivity index (χ2v) is 13.0. The third-order valence-corrected chi connectivity index (χ3v) is 8.87. The van der Waals surface area contributed by atoms with Gasteiger partial charge >= 0.3 is 12.1 Å². The number of hydrogen-bond donors (Lipinski definition) is 2. The van der Waals surface area contributed by atoms with Crippen LogP contribution in [-0.2, 0) is 33.9 Å². The van der Waals surface area contributed by atoms with E-state index < -0.39 is 46.4 Å². The van der Waals surface area contributed by atoms with Crippen LogP contribution in [0.1, 0.15) is 38.7 Å². The number of hydrogen-bond acceptors (Lipinski definition) is 11. The van der Waals surface area contributed by atoms with E-state index in [9.17, 15) is 18.0 Å². The van der Waals surface area contributed by atoms with Crippen LogP contribution in [0.4, 0.5) is 4.79 Å². The highest BCUT2D eigenvalue weighted by atomic mass is 32.2. The number of aryl methyl sites for hydroxylation is 1. The Bertz CT molecular complexity index is 1510. The molecular weight excluding hydrogens is 654 g/mol. The van der Waals surface area contributed by atoms with Crippen LogP contribution < -0.4 is 19.5 Å². The number of rotatable bonds is 19. The molecular formula is C35H47N3O10S. The predicted molar refractivity (Wildman–Crippen MR) is 184 cm³/mol. The molecule has 1 amide bonds. The van der Waals surface area contributed by atoms with E-state index in [-0.39, 0.29) is 30.4 Å². The Morgan fingerprint density at radius 3 is 2.43 bits per heavy atom. The van der Waals surface area contributed by atoms with E-state index in [2.05, 4.69) is 19.9 Å². The molecule has 0 spiro atoms. The van der Waals surface area contributed by atoms with Gasteiger partial charge in [-0.1, -0.05) is 54.9 Å². The molecule has 49 heavy (non-hydrogen) atoms. The summed E-state index contributed by atoms with van der Waals surface area (Å²) in [7, 11) is -1.01. The fourth-order valence-corrected chi connectivity index (χ4v) is 5.78. The van der Waals surface area contributed by atoms with E-state index in [1.807, 2.05) is 26.0 Å². The fraction of sp³-hybridized carbons (Fsp3) is 0.457. The molecule has 268 valence electrons. The molecule has 0 unspecified atom stereocenters. The van der Waals surface area contributed by atoms with E-state index in [4.69, 9.17) is 23.8 Å². The van der Waals surface area contributed by atoms with Gasteiger partial charge in [-0.2, -0.15) is 0 Å². The highest BCUT2D eigenvalue weighted by molar-refractivity contribution is 7.89. The minimum Gasteiger partial charge on any atom is -0.497 e. The van der Waals surface area contributed by atoms with Crippen molar-refractivity contribution in [2.45, 2.75) is 69.3 Å². The van der Waals surface area contributed by atoms with Crippen molar-refractivity contribution in [3.63, 3.8) is 0 Å². The van der Waals surface area contributed by atoms with Crippen molar-refractivity contribution in [1.82, 2.24) is 10.0 Å². The van der Waals surface area contributed by atoms with Crippen LogP contribution in [0.25, 0.3) is 0 Å². The number of alkyl carbamates (subject to hydrolysis) is 1. The molecule has 0 fully saturated rings. The van der Waals surface area contributed by atoms with Crippen LogP contribution in [0.15, 0.2) is 82.9 Å². The number of carbonyl (C=O) groups excluding carboxylic acids is 2. The molecule has 2 aromatic carbocycles. The van der Waals surface area contributed by atoms with Crippen molar-refractivity contribution in [2.75, 3.05) is 34.0 Å². The summed E-state index contributed by atoms with van der Waals surface area (Å²) < 4.78 is 56.6. The molecule has 13 nitrogen and oxygen atoms in total. The van der Waals surface area contributed by atoms with Crippen molar-refractivity contribution in [2.24, 2.45) is 11.1 Å². The third kappa shape index (κ3) is 13.6. The van der Waals surface area contributed by atoms with E-state index in [1.165, 1.54) is 25.5 Å². The number of ether oxygens (including phenoxy) is 5. The van der Waals surface area contributed by atoms with Crippen LogP contribution in [0, 0.1) is 12.8 Å². The number of esters is 1. The summed E-state index contributed by atoms with van der Waals surface area (Å²) in [6.07, 6.45) is 7.55. The normalized spacial score (nSPS) is 18.9. The minimum atomic E-state index is -3.89. The van der Waals surface area contributed by atoms with Gasteiger partial charge in [0, 0.05) is 13.0 Å². The van der Waals surface area contributed by atoms with Crippen molar-refractivity contribution < 1.29 is 46.5 Å². The molecule has 0 radical (unpaired) electrons. The number of nitrogens with one attached hydrogen (secondary N) is 2. The van der Waals surface area contributed by atoms with E-state index >= 15 is 0 Å². The largest absolute Gasteiger partial charge is 0.497 e. The Kier molecular flexibility index (Phi) is 16.1. The van der Waals surface area contributed by atoms with Gasteiger partial charge in [-0.05, 0) is 61.7 Å². The van der Waals surface area contributed by atoms with Gasteiger partial charge in [-0.15, -0.1) is 0 Å². The van der Waals surface area contributed by atoms with Gasteiger partial charge in [0.15, 0.2) is 0 Å². The molecule has 1 aliphatic heterocycles. The number of carbonyl (C=O) groups is 2. The predicted octanol–water partition coefficient (Wildman–Crippen LogP) is 4.71. The summed E-state index contributed by atoms with van der Waals surface area (Å²) in [5.41, 5.74) is 0.929. The molecule has 1 heterocycles. The maximum atomic E-state index is 13.1. The number of oxime groups is 1. The number of amides is 1. The summed E-state index contributed by atoms with van der Waals surface area (Å²) in [6, 6.07) is 12.8. The summed E-state index contributed by atoms with van der Waals surface area (Å²) >= 11 is 0. The lowest BCUT2D eigenvalue weighted by Crippen LogP contribution is -2.43. The van der Waals surface area contributed by atoms with Crippen LogP contribution in [0.5, 0.6) is 11.5 Å². The average molecular weight is 702 g/mol. The molecule has 2 aromatic rings. The van der Waals surface area contributed by atoms with Crippen molar-refractivity contribution in [1.29, 1.82) is 0 Å².